The molecule has 166 valence electrons. The lowest BCUT2D eigenvalue weighted by Gasteiger charge is -2.45. The quantitative estimate of drug-likeness (QED) is 0.284. The van der Waals surface area contributed by atoms with E-state index in [0.717, 1.165) is 0 Å². The molecule has 5 atom stereocenters. The molecule has 2 nitrogen and oxygen atoms in total. The maximum Gasteiger partial charge on any atom is 0.426 e. The van der Waals surface area contributed by atoms with Crippen molar-refractivity contribution in [2.24, 2.45) is 23.7 Å². The summed E-state index contributed by atoms with van der Waals surface area (Å²) in [6, 6.07) is 0. The van der Waals surface area contributed by atoms with Crippen LogP contribution in [0.3, 0.4) is 0 Å². The molecule has 5 unspecified atom stereocenters. The first-order chi connectivity index (χ1) is 12.6. The fourth-order valence-corrected chi connectivity index (χ4v) is 4.69. The van der Waals surface area contributed by atoms with E-state index >= 15 is 4.39 Å². The molecule has 2 aliphatic rings. The molecule has 0 N–H and O–H groups in total. The summed E-state index contributed by atoms with van der Waals surface area (Å²) in [4.78, 5) is 0. The monoisotopic (exact) mass is 430 g/mol. The second-order valence-corrected chi connectivity index (χ2v) is 7.73. The van der Waals surface area contributed by atoms with Crippen molar-refractivity contribution in [1.29, 1.82) is 0 Å². The van der Waals surface area contributed by atoms with E-state index in [1.807, 2.05) is 0 Å². The van der Waals surface area contributed by atoms with Gasteiger partial charge in [-0.15, -0.1) is 0 Å². The molecule has 0 aromatic heterocycles. The molecule has 2 aliphatic carbocycles. The molecular formula is C17H23F9O2. The number of fused-ring (bicyclic) bond motifs is 2. The molecule has 0 amide bonds. The summed E-state index contributed by atoms with van der Waals surface area (Å²) in [7, 11) is 0. The largest absolute Gasteiger partial charge is 0.426 e. The standard InChI is InChI=1S/C17H23F9O2/c1-4-27-8-28-14(16(21,22)23,17(24,25)26)6-5-13(18)11-7-12(15(13,19)20)10(3)9(11)2/h9-12H,4-8H2,1-3H3. The molecule has 0 aromatic rings. The first-order valence-electron chi connectivity index (χ1n) is 8.98. The number of rotatable bonds is 7. The lowest BCUT2D eigenvalue weighted by Crippen LogP contribution is -2.61. The van der Waals surface area contributed by atoms with E-state index in [2.05, 4.69) is 9.47 Å². The third-order valence-corrected chi connectivity index (χ3v) is 6.56. The van der Waals surface area contributed by atoms with Crippen molar-refractivity contribution in [3.8, 4) is 0 Å². The van der Waals surface area contributed by atoms with Gasteiger partial charge in [0.05, 0.1) is 0 Å². The first-order valence-corrected chi connectivity index (χ1v) is 8.98. The molecule has 0 heterocycles. The van der Waals surface area contributed by atoms with Gasteiger partial charge in [-0.2, -0.15) is 26.3 Å². The molecule has 0 aliphatic heterocycles. The van der Waals surface area contributed by atoms with Gasteiger partial charge in [-0.05, 0) is 38.0 Å². The van der Waals surface area contributed by atoms with Gasteiger partial charge < -0.3 is 9.47 Å². The molecule has 0 saturated heterocycles. The van der Waals surface area contributed by atoms with E-state index in [1.165, 1.54) is 20.8 Å². The Balaban J connectivity index is 2.35. The average Bonchev–Trinajstić information content (AvgIpc) is 2.94. The van der Waals surface area contributed by atoms with E-state index in [1.54, 1.807) is 0 Å². The van der Waals surface area contributed by atoms with Gasteiger partial charge in [-0.1, -0.05) is 13.8 Å². The van der Waals surface area contributed by atoms with Crippen molar-refractivity contribution in [3.63, 3.8) is 0 Å². The summed E-state index contributed by atoms with van der Waals surface area (Å²) in [5.41, 5.74) is -8.25. The normalized spacial score (nSPS) is 35.6. The number of ether oxygens (including phenoxy) is 2. The summed E-state index contributed by atoms with van der Waals surface area (Å²) in [5.74, 6) is -7.88. The van der Waals surface area contributed by atoms with E-state index in [4.69, 9.17) is 0 Å². The third kappa shape index (κ3) is 3.30. The Bertz CT molecular complexity index is 546. The van der Waals surface area contributed by atoms with Crippen molar-refractivity contribution >= 4 is 0 Å². The number of hydrogen-bond acceptors (Lipinski definition) is 2. The van der Waals surface area contributed by atoms with Gasteiger partial charge in [-0.3, -0.25) is 0 Å². The highest BCUT2D eigenvalue weighted by molar-refractivity contribution is 5.17. The summed E-state index contributed by atoms with van der Waals surface area (Å²) in [5, 5.41) is 0. The smallest absolute Gasteiger partial charge is 0.356 e. The molecule has 2 saturated carbocycles. The molecule has 0 spiro atoms. The van der Waals surface area contributed by atoms with Gasteiger partial charge >= 0.3 is 12.4 Å². The summed E-state index contributed by atoms with van der Waals surface area (Å²) in [6.07, 6.45) is -15.9. The zero-order chi connectivity index (χ0) is 21.8. The zero-order valence-corrected chi connectivity index (χ0v) is 15.6. The van der Waals surface area contributed by atoms with Gasteiger partial charge in [0, 0.05) is 18.4 Å². The van der Waals surface area contributed by atoms with Gasteiger partial charge in [-0.25, -0.2) is 13.2 Å². The fourth-order valence-electron chi connectivity index (χ4n) is 4.69. The van der Waals surface area contributed by atoms with Crippen LogP contribution < -0.4 is 0 Å². The van der Waals surface area contributed by atoms with Crippen LogP contribution in [0.1, 0.15) is 40.0 Å². The maximum absolute atomic E-state index is 15.3. The Hall–Kier alpha value is -0.710. The van der Waals surface area contributed by atoms with Crippen molar-refractivity contribution < 1.29 is 49.0 Å². The predicted octanol–water partition coefficient (Wildman–Crippen LogP) is 5.91. The van der Waals surface area contributed by atoms with Crippen LogP contribution in [0.25, 0.3) is 0 Å². The number of alkyl halides is 9. The van der Waals surface area contributed by atoms with Crippen LogP contribution in [-0.2, 0) is 9.47 Å². The lowest BCUT2D eigenvalue weighted by molar-refractivity contribution is -0.397. The fraction of sp³-hybridized carbons (Fsp3) is 1.00. The van der Waals surface area contributed by atoms with E-state index in [-0.39, 0.29) is 13.0 Å². The summed E-state index contributed by atoms with van der Waals surface area (Å²) in [6.45, 7) is 2.72. The van der Waals surface area contributed by atoms with Crippen molar-refractivity contribution in [2.45, 2.75) is 69.6 Å². The van der Waals surface area contributed by atoms with Crippen LogP contribution >= 0.6 is 0 Å². The van der Waals surface area contributed by atoms with Gasteiger partial charge in [0.25, 0.3) is 11.5 Å². The van der Waals surface area contributed by atoms with E-state index in [0.29, 0.717) is 0 Å². The Morgan fingerprint density at radius 2 is 1.39 bits per heavy atom. The molecule has 28 heavy (non-hydrogen) atoms. The Labute approximate surface area is 156 Å². The molecule has 0 aromatic carbocycles. The second kappa shape index (κ2) is 7.21. The Morgan fingerprint density at radius 1 is 0.893 bits per heavy atom. The highest BCUT2D eigenvalue weighted by Gasteiger charge is 2.77. The minimum Gasteiger partial charge on any atom is -0.356 e. The maximum atomic E-state index is 15.3. The van der Waals surface area contributed by atoms with Crippen molar-refractivity contribution in [3.05, 3.63) is 0 Å². The van der Waals surface area contributed by atoms with Crippen molar-refractivity contribution in [1.82, 2.24) is 0 Å². The van der Waals surface area contributed by atoms with Gasteiger partial charge in [0.15, 0.2) is 5.67 Å². The summed E-state index contributed by atoms with van der Waals surface area (Å²) < 4.78 is 133. The average molecular weight is 430 g/mol. The highest BCUT2D eigenvalue weighted by atomic mass is 19.4. The van der Waals surface area contributed by atoms with Crippen LogP contribution in [0.4, 0.5) is 39.5 Å². The van der Waals surface area contributed by atoms with Crippen molar-refractivity contribution in [2.75, 3.05) is 13.4 Å². The lowest BCUT2D eigenvalue weighted by atomic mass is 9.69. The SMILES string of the molecule is CCOCOC(CCC1(F)C2CC(C(C)C2C)C1(F)F)(C(F)(F)F)C(F)(F)F. The minimum absolute atomic E-state index is 0.226. The number of hydrogen-bond donors (Lipinski definition) is 0. The molecule has 2 bridgehead atoms. The molecule has 2 fully saturated rings. The second-order valence-electron chi connectivity index (χ2n) is 7.73. The Morgan fingerprint density at radius 3 is 1.82 bits per heavy atom. The predicted molar refractivity (Wildman–Crippen MR) is 80.4 cm³/mol. The first kappa shape index (κ1) is 23.6. The number of halogens is 9. The molecule has 2 rings (SSSR count). The molecular weight excluding hydrogens is 407 g/mol. The molecule has 11 heteroatoms. The van der Waals surface area contributed by atoms with Crippen LogP contribution in [0.5, 0.6) is 0 Å². The zero-order valence-electron chi connectivity index (χ0n) is 15.6. The van der Waals surface area contributed by atoms with Crippen LogP contribution in [0.2, 0.25) is 0 Å². The topological polar surface area (TPSA) is 18.5 Å². The van der Waals surface area contributed by atoms with Crippen LogP contribution in [0.15, 0.2) is 0 Å². The highest BCUT2D eigenvalue weighted by Crippen LogP contribution is 2.67. The van der Waals surface area contributed by atoms with E-state index in [9.17, 15) is 35.1 Å². The van der Waals surface area contributed by atoms with Crippen LogP contribution in [-0.4, -0.2) is 42.9 Å². The molecule has 0 radical (unpaired) electrons. The van der Waals surface area contributed by atoms with E-state index < -0.39 is 72.9 Å². The Kier molecular flexibility index (Phi) is 6.07. The minimum atomic E-state index is -6.00. The van der Waals surface area contributed by atoms with Crippen LogP contribution in [0, 0.1) is 23.7 Å². The third-order valence-electron chi connectivity index (χ3n) is 6.56. The van der Waals surface area contributed by atoms with Gasteiger partial charge in [0.2, 0.25) is 0 Å². The van der Waals surface area contributed by atoms with Gasteiger partial charge in [0.1, 0.15) is 6.79 Å². The summed E-state index contributed by atoms with van der Waals surface area (Å²) >= 11 is 0.